The lowest BCUT2D eigenvalue weighted by atomic mass is 10.0. The van der Waals surface area contributed by atoms with Crippen LogP contribution in [0.5, 0.6) is 17.2 Å². The Bertz CT molecular complexity index is 742. The molecule has 2 heterocycles. The average Bonchev–Trinajstić information content (AvgIpc) is 3.20. The Morgan fingerprint density at radius 2 is 1.87 bits per heavy atom. The van der Waals surface area contributed by atoms with Crippen molar-refractivity contribution < 1.29 is 27.7 Å². The van der Waals surface area contributed by atoms with Gasteiger partial charge in [-0.05, 0) is 18.4 Å². The number of benzene rings is 1. The van der Waals surface area contributed by atoms with Crippen LogP contribution in [0.3, 0.4) is 0 Å². The Kier molecular flexibility index (Phi) is 8.53. The van der Waals surface area contributed by atoms with Gasteiger partial charge in [0.05, 0.1) is 13.2 Å². The maximum atomic E-state index is 12.8. The van der Waals surface area contributed by atoms with Gasteiger partial charge in [-0.2, -0.15) is 8.78 Å². The van der Waals surface area contributed by atoms with Crippen LogP contribution in [0.1, 0.15) is 25.8 Å². The molecular formula is C21H32F2N4O4. The van der Waals surface area contributed by atoms with Crippen LogP contribution in [0.15, 0.2) is 17.1 Å². The third-order valence-electron chi connectivity index (χ3n) is 5.25. The zero-order valence-electron chi connectivity index (χ0n) is 18.3. The molecule has 1 fully saturated rings. The number of rotatable bonds is 9. The van der Waals surface area contributed by atoms with Gasteiger partial charge in [-0.1, -0.05) is 13.8 Å². The number of halogens is 2. The first-order chi connectivity index (χ1) is 15.0. The molecule has 2 aliphatic rings. The lowest BCUT2D eigenvalue weighted by Gasteiger charge is -2.35. The summed E-state index contributed by atoms with van der Waals surface area (Å²) in [4.78, 5) is 6.71. The fourth-order valence-electron chi connectivity index (χ4n) is 3.77. The third kappa shape index (κ3) is 6.83. The van der Waals surface area contributed by atoms with Gasteiger partial charge in [0.1, 0.15) is 5.75 Å². The van der Waals surface area contributed by atoms with Gasteiger partial charge in [-0.25, -0.2) is 0 Å². The minimum Gasteiger partial charge on any atom is -0.454 e. The number of nitrogens with one attached hydrogen (secondary N) is 2. The minimum absolute atomic E-state index is 0.0493. The van der Waals surface area contributed by atoms with E-state index in [1.165, 1.54) is 6.07 Å². The molecule has 0 radical (unpaired) electrons. The van der Waals surface area contributed by atoms with Crippen LogP contribution < -0.4 is 24.8 Å². The number of aliphatic imine (C=N–C) groups is 1. The van der Waals surface area contributed by atoms with Crippen molar-refractivity contribution in [1.29, 1.82) is 0 Å². The Hall–Kier alpha value is -2.33. The van der Waals surface area contributed by atoms with Crippen LogP contribution in [-0.2, 0) is 11.3 Å². The molecule has 8 nitrogen and oxygen atoms in total. The molecule has 31 heavy (non-hydrogen) atoms. The zero-order chi connectivity index (χ0) is 22.2. The molecule has 0 aliphatic carbocycles. The molecule has 0 aromatic heterocycles. The normalized spacial score (nSPS) is 17.8. The smallest absolute Gasteiger partial charge is 0.387 e. The molecule has 1 aromatic rings. The molecule has 2 N–H and O–H groups in total. The molecular weight excluding hydrogens is 410 g/mol. The monoisotopic (exact) mass is 442 g/mol. The van der Waals surface area contributed by atoms with Crippen molar-refractivity contribution in [3.63, 3.8) is 0 Å². The first-order valence-electron chi connectivity index (χ1n) is 10.6. The quantitative estimate of drug-likeness (QED) is 0.449. The summed E-state index contributed by atoms with van der Waals surface area (Å²) in [5.74, 6) is 2.10. The number of guanidine groups is 1. The van der Waals surface area contributed by atoms with E-state index in [1.807, 2.05) is 0 Å². The first-order valence-corrected chi connectivity index (χ1v) is 10.6. The van der Waals surface area contributed by atoms with Crippen LogP contribution in [0.4, 0.5) is 8.78 Å². The number of ether oxygens (including phenoxy) is 4. The highest BCUT2D eigenvalue weighted by molar-refractivity contribution is 5.79. The Labute approximate surface area is 181 Å². The maximum Gasteiger partial charge on any atom is 0.387 e. The predicted octanol–water partition coefficient (Wildman–Crippen LogP) is 2.43. The number of nitrogens with zero attached hydrogens (tertiary/aromatic N) is 2. The van der Waals surface area contributed by atoms with Gasteiger partial charge in [-0.3, -0.25) is 9.89 Å². The van der Waals surface area contributed by atoms with E-state index in [0.29, 0.717) is 35.0 Å². The van der Waals surface area contributed by atoms with Crippen LogP contribution in [0, 0.1) is 5.92 Å². The zero-order valence-corrected chi connectivity index (χ0v) is 18.3. The van der Waals surface area contributed by atoms with Gasteiger partial charge in [0.15, 0.2) is 17.5 Å². The molecule has 0 saturated carbocycles. The SMILES string of the molecule is CN=C(NCc1cc2c(cc1OC(F)F)OCO2)NCC(CC(C)C)N1CCOCC1. The molecule has 1 saturated heterocycles. The summed E-state index contributed by atoms with van der Waals surface area (Å²) in [5.41, 5.74) is 0.527. The van der Waals surface area contributed by atoms with Gasteiger partial charge >= 0.3 is 6.61 Å². The van der Waals surface area contributed by atoms with Crippen molar-refractivity contribution in [1.82, 2.24) is 15.5 Å². The lowest BCUT2D eigenvalue weighted by molar-refractivity contribution is -0.0505. The van der Waals surface area contributed by atoms with Crippen molar-refractivity contribution in [3.8, 4) is 17.2 Å². The number of alkyl halides is 2. The molecule has 174 valence electrons. The van der Waals surface area contributed by atoms with Crippen LogP contribution in [0.25, 0.3) is 0 Å². The second-order valence-electron chi connectivity index (χ2n) is 7.93. The van der Waals surface area contributed by atoms with Crippen LogP contribution >= 0.6 is 0 Å². The lowest BCUT2D eigenvalue weighted by Crippen LogP contribution is -2.51. The van der Waals surface area contributed by atoms with E-state index in [0.717, 1.165) is 39.3 Å². The van der Waals surface area contributed by atoms with Crippen LogP contribution in [-0.4, -0.2) is 70.2 Å². The average molecular weight is 443 g/mol. The summed E-state index contributed by atoms with van der Waals surface area (Å²) in [5, 5.41) is 6.54. The second kappa shape index (κ2) is 11.3. The summed E-state index contributed by atoms with van der Waals surface area (Å²) in [6, 6.07) is 3.43. The highest BCUT2D eigenvalue weighted by Gasteiger charge is 2.23. The van der Waals surface area contributed by atoms with Crippen molar-refractivity contribution in [2.24, 2.45) is 10.9 Å². The molecule has 2 aliphatic heterocycles. The molecule has 3 rings (SSSR count). The van der Waals surface area contributed by atoms with Crippen molar-refractivity contribution in [2.45, 2.75) is 39.5 Å². The minimum atomic E-state index is -2.93. The number of fused-ring (bicyclic) bond motifs is 1. The number of morpholine rings is 1. The van der Waals surface area contributed by atoms with E-state index in [2.05, 4.69) is 39.1 Å². The largest absolute Gasteiger partial charge is 0.454 e. The topological polar surface area (TPSA) is 76.6 Å². The van der Waals surface area contributed by atoms with Crippen molar-refractivity contribution >= 4 is 5.96 Å². The van der Waals surface area contributed by atoms with Gasteiger partial charge < -0.3 is 29.6 Å². The molecule has 1 unspecified atom stereocenters. The molecule has 10 heteroatoms. The summed E-state index contributed by atoms with van der Waals surface area (Å²) in [6.07, 6.45) is 1.05. The van der Waals surface area contributed by atoms with Gasteiger partial charge in [0.2, 0.25) is 6.79 Å². The molecule has 0 bridgehead atoms. The molecule has 0 amide bonds. The standard InChI is InChI=1S/C21H32F2N4O4/c1-14(2)8-16(27-4-6-28-7-5-27)12-26-21(24-3)25-11-15-9-18-19(30-13-29-18)10-17(15)31-20(22)23/h9-10,14,16,20H,4-8,11-13H2,1-3H3,(H2,24,25,26). The van der Waals surface area contributed by atoms with E-state index >= 15 is 0 Å². The van der Waals surface area contributed by atoms with E-state index in [9.17, 15) is 8.78 Å². The third-order valence-corrected chi connectivity index (χ3v) is 5.25. The number of hydrogen-bond donors (Lipinski definition) is 2. The first kappa shape index (κ1) is 23.3. The molecule has 1 atom stereocenters. The van der Waals surface area contributed by atoms with Crippen molar-refractivity contribution in [3.05, 3.63) is 17.7 Å². The van der Waals surface area contributed by atoms with E-state index < -0.39 is 6.61 Å². The van der Waals surface area contributed by atoms with E-state index in [4.69, 9.17) is 14.2 Å². The molecule has 1 aromatic carbocycles. The summed E-state index contributed by atoms with van der Waals surface area (Å²) < 4.78 is 46.5. The Balaban J connectivity index is 1.60. The summed E-state index contributed by atoms with van der Waals surface area (Å²) in [6.45, 7) is 5.84. The van der Waals surface area contributed by atoms with Gasteiger partial charge in [0, 0.05) is 50.9 Å². The summed E-state index contributed by atoms with van der Waals surface area (Å²) in [7, 11) is 1.68. The van der Waals surface area contributed by atoms with Crippen molar-refractivity contribution in [2.75, 3.05) is 46.7 Å². The van der Waals surface area contributed by atoms with E-state index in [-0.39, 0.29) is 19.1 Å². The fourth-order valence-corrected chi connectivity index (χ4v) is 3.77. The Morgan fingerprint density at radius 3 is 2.52 bits per heavy atom. The van der Waals surface area contributed by atoms with Gasteiger partial charge in [0.25, 0.3) is 0 Å². The Morgan fingerprint density at radius 1 is 1.16 bits per heavy atom. The highest BCUT2D eigenvalue weighted by Crippen LogP contribution is 2.38. The highest BCUT2D eigenvalue weighted by atomic mass is 19.3. The molecule has 0 spiro atoms. The fraction of sp³-hybridized carbons (Fsp3) is 0.667. The predicted molar refractivity (Wildman–Crippen MR) is 113 cm³/mol. The van der Waals surface area contributed by atoms with Crippen LogP contribution in [0.2, 0.25) is 0 Å². The number of hydrogen-bond acceptors (Lipinski definition) is 6. The maximum absolute atomic E-state index is 12.8. The van der Waals surface area contributed by atoms with Gasteiger partial charge in [-0.15, -0.1) is 0 Å². The van der Waals surface area contributed by atoms with E-state index in [1.54, 1.807) is 13.1 Å². The summed E-state index contributed by atoms with van der Waals surface area (Å²) >= 11 is 0. The second-order valence-corrected chi connectivity index (χ2v) is 7.93.